The number of hydrazine groups is 1. The molecule has 92 valence electrons. The zero-order valence-corrected chi connectivity index (χ0v) is 11.0. The molecule has 0 saturated heterocycles. The van der Waals surface area contributed by atoms with E-state index in [-0.39, 0.29) is 6.04 Å². The van der Waals surface area contributed by atoms with Crippen molar-refractivity contribution < 1.29 is 4.74 Å². The minimum atomic E-state index is 0.229. The summed E-state index contributed by atoms with van der Waals surface area (Å²) in [5, 5.41) is 2.05. The minimum absolute atomic E-state index is 0.229. The molecule has 1 unspecified atom stereocenters. The molecule has 1 aromatic heterocycles. The highest BCUT2D eigenvalue weighted by molar-refractivity contribution is 7.10. The summed E-state index contributed by atoms with van der Waals surface area (Å²) in [6.45, 7) is 2.22. The molecule has 1 rings (SSSR count). The Bertz CT molecular complexity index is 288. The van der Waals surface area contributed by atoms with Crippen LogP contribution in [0.1, 0.15) is 49.9 Å². The van der Waals surface area contributed by atoms with Gasteiger partial charge in [0.15, 0.2) is 0 Å². The summed E-state index contributed by atoms with van der Waals surface area (Å²) >= 11 is 1.70. The number of rotatable bonds is 8. The lowest BCUT2D eigenvalue weighted by atomic mass is 10.1. The summed E-state index contributed by atoms with van der Waals surface area (Å²) in [6.07, 6.45) is 6.14. The topological polar surface area (TPSA) is 47.3 Å². The first-order valence-electron chi connectivity index (χ1n) is 5.91. The first-order chi connectivity index (χ1) is 7.83. The van der Waals surface area contributed by atoms with Crippen molar-refractivity contribution in [2.45, 2.75) is 45.1 Å². The molecule has 1 aromatic rings. The van der Waals surface area contributed by atoms with Crippen LogP contribution < -0.4 is 16.0 Å². The predicted molar refractivity (Wildman–Crippen MR) is 69.7 cm³/mol. The first kappa shape index (κ1) is 13.5. The van der Waals surface area contributed by atoms with Crippen LogP contribution in [0.5, 0.6) is 5.75 Å². The van der Waals surface area contributed by atoms with Gasteiger partial charge in [-0.25, -0.2) is 0 Å². The standard InChI is InChI=1S/C12H22N2OS/c1-3-4-5-6-7-10(14-13)12-11(15-2)8-9-16-12/h8-10,14H,3-7,13H2,1-2H3. The van der Waals surface area contributed by atoms with Gasteiger partial charge in [0, 0.05) is 0 Å². The average molecular weight is 242 g/mol. The van der Waals surface area contributed by atoms with Crippen molar-refractivity contribution >= 4 is 11.3 Å². The zero-order valence-electron chi connectivity index (χ0n) is 10.2. The van der Waals surface area contributed by atoms with Crippen LogP contribution in [0.4, 0.5) is 0 Å². The number of nitrogens with one attached hydrogen (secondary N) is 1. The second-order valence-electron chi connectivity index (χ2n) is 3.92. The van der Waals surface area contributed by atoms with Crippen LogP contribution in [-0.2, 0) is 0 Å². The van der Waals surface area contributed by atoms with Gasteiger partial charge < -0.3 is 4.74 Å². The Morgan fingerprint density at radius 1 is 1.44 bits per heavy atom. The van der Waals surface area contributed by atoms with Gasteiger partial charge >= 0.3 is 0 Å². The molecule has 0 aliphatic heterocycles. The van der Waals surface area contributed by atoms with Crippen LogP contribution in [-0.4, -0.2) is 7.11 Å². The minimum Gasteiger partial charge on any atom is -0.496 e. The molecule has 0 spiro atoms. The fourth-order valence-corrected chi connectivity index (χ4v) is 2.75. The lowest BCUT2D eigenvalue weighted by molar-refractivity contribution is 0.398. The Labute approximate surface area is 102 Å². The lowest BCUT2D eigenvalue weighted by Gasteiger charge is -2.15. The molecule has 0 fully saturated rings. The quantitative estimate of drug-likeness (QED) is 0.418. The average Bonchev–Trinajstić information content (AvgIpc) is 2.77. The summed E-state index contributed by atoms with van der Waals surface area (Å²) < 4.78 is 5.31. The SMILES string of the molecule is CCCCCCC(NN)c1sccc1OC. The number of nitrogens with two attached hydrogens (primary N) is 1. The predicted octanol–water partition coefficient (Wildman–Crippen LogP) is 3.23. The second kappa shape index (κ2) is 7.65. The Kier molecular flexibility index (Phi) is 6.45. The van der Waals surface area contributed by atoms with Crippen molar-refractivity contribution in [3.05, 3.63) is 16.3 Å². The van der Waals surface area contributed by atoms with E-state index in [2.05, 4.69) is 12.3 Å². The van der Waals surface area contributed by atoms with Crippen molar-refractivity contribution in [3.8, 4) is 5.75 Å². The molecule has 0 radical (unpaired) electrons. The van der Waals surface area contributed by atoms with E-state index in [0.29, 0.717) is 0 Å². The Morgan fingerprint density at radius 2 is 2.25 bits per heavy atom. The van der Waals surface area contributed by atoms with Crippen molar-refractivity contribution in [2.75, 3.05) is 7.11 Å². The third-order valence-corrected chi connectivity index (χ3v) is 3.75. The van der Waals surface area contributed by atoms with E-state index in [4.69, 9.17) is 10.6 Å². The molecule has 4 heteroatoms. The van der Waals surface area contributed by atoms with Gasteiger partial charge in [-0.2, -0.15) is 0 Å². The van der Waals surface area contributed by atoms with Crippen LogP contribution >= 0.6 is 11.3 Å². The Morgan fingerprint density at radius 3 is 2.88 bits per heavy atom. The molecule has 16 heavy (non-hydrogen) atoms. The third kappa shape index (κ3) is 3.77. The van der Waals surface area contributed by atoms with Crippen LogP contribution in [0.15, 0.2) is 11.4 Å². The molecule has 0 aromatic carbocycles. The smallest absolute Gasteiger partial charge is 0.134 e. The first-order valence-corrected chi connectivity index (χ1v) is 6.79. The number of unbranched alkanes of at least 4 members (excludes halogenated alkanes) is 3. The van der Waals surface area contributed by atoms with Crippen LogP contribution in [0.25, 0.3) is 0 Å². The molecule has 1 atom stereocenters. The van der Waals surface area contributed by atoms with Crippen molar-refractivity contribution in [2.24, 2.45) is 5.84 Å². The van der Waals surface area contributed by atoms with Crippen molar-refractivity contribution in [3.63, 3.8) is 0 Å². The van der Waals surface area contributed by atoms with Crippen LogP contribution in [0.3, 0.4) is 0 Å². The van der Waals surface area contributed by atoms with E-state index in [1.807, 2.05) is 11.4 Å². The zero-order chi connectivity index (χ0) is 11.8. The van der Waals surface area contributed by atoms with Gasteiger partial charge in [0.1, 0.15) is 5.75 Å². The number of hydrogen-bond donors (Lipinski definition) is 2. The summed E-state index contributed by atoms with van der Waals surface area (Å²) in [6, 6.07) is 2.22. The van der Waals surface area contributed by atoms with Crippen LogP contribution in [0, 0.1) is 0 Å². The van der Waals surface area contributed by atoms with E-state index < -0.39 is 0 Å². The van der Waals surface area contributed by atoms with Gasteiger partial charge in [0.05, 0.1) is 18.0 Å². The molecule has 0 amide bonds. The van der Waals surface area contributed by atoms with E-state index in [9.17, 15) is 0 Å². The monoisotopic (exact) mass is 242 g/mol. The van der Waals surface area contributed by atoms with Crippen molar-refractivity contribution in [1.82, 2.24) is 5.43 Å². The van der Waals surface area contributed by atoms with E-state index in [1.54, 1.807) is 18.4 Å². The summed E-state index contributed by atoms with van der Waals surface area (Å²) in [5.41, 5.74) is 2.89. The molecule has 3 N–H and O–H groups in total. The molecular weight excluding hydrogens is 220 g/mol. The highest BCUT2D eigenvalue weighted by Gasteiger charge is 2.15. The highest BCUT2D eigenvalue weighted by atomic mass is 32.1. The van der Waals surface area contributed by atoms with Gasteiger partial charge in [-0.1, -0.05) is 32.6 Å². The molecule has 0 bridgehead atoms. The van der Waals surface area contributed by atoms with Gasteiger partial charge in [0.2, 0.25) is 0 Å². The van der Waals surface area contributed by atoms with Crippen LogP contribution in [0.2, 0.25) is 0 Å². The lowest BCUT2D eigenvalue weighted by Crippen LogP contribution is -2.27. The number of hydrogen-bond acceptors (Lipinski definition) is 4. The number of ether oxygens (including phenoxy) is 1. The third-order valence-electron chi connectivity index (χ3n) is 2.74. The fourth-order valence-electron chi connectivity index (χ4n) is 1.80. The summed E-state index contributed by atoms with van der Waals surface area (Å²) in [7, 11) is 1.70. The fraction of sp³-hybridized carbons (Fsp3) is 0.667. The molecule has 0 saturated carbocycles. The normalized spacial score (nSPS) is 12.7. The molecule has 0 aliphatic carbocycles. The maximum absolute atomic E-state index is 5.60. The second-order valence-corrected chi connectivity index (χ2v) is 4.87. The van der Waals surface area contributed by atoms with Crippen molar-refractivity contribution in [1.29, 1.82) is 0 Å². The molecule has 0 aliphatic rings. The van der Waals surface area contributed by atoms with Gasteiger partial charge in [0.25, 0.3) is 0 Å². The Balaban J connectivity index is 2.47. The number of methoxy groups -OCH3 is 1. The van der Waals surface area contributed by atoms with Gasteiger partial charge in [-0.3, -0.25) is 11.3 Å². The maximum Gasteiger partial charge on any atom is 0.134 e. The summed E-state index contributed by atoms with van der Waals surface area (Å²) in [5.74, 6) is 6.55. The van der Waals surface area contributed by atoms with E-state index >= 15 is 0 Å². The van der Waals surface area contributed by atoms with E-state index in [1.165, 1.54) is 30.6 Å². The Hall–Kier alpha value is -0.580. The molecule has 1 heterocycles. The number of thiophene rings is 1. The largest absolute Gasteiger partial charge is 0.496 e. The molecular formula is C12H22N2OS. The maximum atomic E-state index is 5.60. The highest BCUT2D eigenvalue weighted by Crippen LogP contribution is 2.33. The molecule has 3 nitrogen and oxygen atoms in total. The van der Waals surface area contributed by atoms with Gasteiger partial charge in [-0.15, -0.1) is 11.3 Å². The summed E-state index contributed by atoms with van der Waals surface area (Å²) in [4.78, 5) is 1.21. The van der Waals surface area contributed by atoms with Gasteiger partial charge in [-0.05, 0) is 17.9 Å². The van der Waals surface area contributed by atoms with E-state index in [0.717, 1.165) is 12.2 Å².